The smallest absolute Gasteiger partial charge is 0.338 e. The summed E-state index contributed by atoms with van der Waals surface area (Å²) >= 11 is 1.26. The molecule has 0 unspecified atom stereocenters. The summed E-state index contributed by atoms with van der Waals surface area (Å²) in [5, 5.41) is 0. The van der Waals surface area contributed by atoms with E-state index in [1.54, 1.807) is 31.4 Å². The van der Waals surface area contributed by atoms with Crippen LogP contribution < -0.4 is 14.9 Å². The zero-order valence-electron chi connectivity index (χ0n) is 15.9. The van der Waals surface area contributed by atoms with Gasteiger partial charge in [-0.15, -0.1) is 0 Å². The van der Waals surface area contributed by atoms with Gasteiger partial charge in [0.05, 0.1) is 35.2 Å². The molecular formula is C22H18N2O4S. The minimum absolute atomic E-state index is 0.234. The van der Waals surface area contributed by atoms with E-state index in [1.807, 2.05) is 42.5 Å². The number of furan rings is 1. The fourth-order valence-corrected chi connectivity index (χ4v) is 4.22. The molecule has 3 heterocycles. The Labute approximate surface area is 170 Å². The van der Waals surface area contributed by atoms with Crippen molar-refractivity contribution in [3.63, 3.8) is 0 Å². The van der Waals surface area contributed by atoms with Crippen molar-refractivity contribution in [2.45, 2.75) is 13.0 Å². The Balaban J connectivity index is 1.89. The fourth-order valence-electron chi connectivity index (χ4n) is 3.19. The predicted octanol–water partition coefficient (Wildman–Crippen LogP) is 2.67. The van der Waals surface area contributed by atoms with E-state index in [4.69, 9.17) is 9.15 Å². The molecule has 1 aromatic carbocycles. The maximum atomic E-state index is 13.2. The van der Waals surface area contributed by atoms with Crippen LogP contribution in [0.5, 0.6) is 0 Å². The maximum Gasteiger partial charge on any atom is 0.338 e. The second-order valence-electron chi connectivity index (χ2n) is 6.40. The van der Waals surface area contributed by atoms with Gasteiger partial charge in [0.15, 0.2) is 4.80 Å². The van der Waals surface area contributed by atoms with Gasteiger partial charge in [0.2, 0.25) is 0 Å². The van der Waals surface area contributed by atoms with E-state index in [-0.39, 0.29) is 5.56 Å². The molecule has 29 heavy (non-hydrogen) atoms. The van der Waals surface area contributed by atoms with Crippen LogP contribution in [0.1, 0.15) is 24.3 Å². The standard InChI is InChI=1S/C22H18N2O4S/c1-14-19(21(26)27-2)17(11-10-15-7-4-3-5-8-15)24-20(25)18(29-22(24)23-14)13-16-9-6-12-28-16/h3-13,17H,1-2H3/b11-10+,18-13+/t17-/m1/s1. The SMILES string of the molecule is COC(=O)C1=C(C)N=c2s/c(=C/c3ccco3)c(=O)n2[C@@H]1/C=C/c1ccccc1. The third-order valence-electron chi connectivity index (χ3n) is 4.56. The first-order valence-electron chi connectivity index (χ1n) is 8.96. The quantitative estimate of drug-likeness (QED) is 0.625. The first-order chi connectivity index (χ1) is 14.1. The summed E-state index contributed by atoms with van der Waals surface area (Å²) in [6.45, 7) is 1.75. The molecule has 3 aromatic rings. The summed E-state index contributed by atoms with van der Waals surface area (Å²) < 4.78 is 12.3. The number of methoxy groups -OCH3 is 1. The van der Waals surface area contributed by atoms with Crippen molar-refractivity contribution >= 4 is 29.5 Å². The van der Waals surface area contributed by atoms with Gasteiger partial charge in [-0.2, -0.15) is 0 Å². The molecule has 146 valence electrons. The van der Waals surface area contributed by atoms with Crippen LogP contribution in [0.3, 0.4) is 0 Å². The maximum absolute atomic E-state index is 13.2. The molecule has 0 spiro atoms. The number of aromatic nitrogens is 1. The van der Waals surface area contributed by atoms with Crippen molar-refractivity contribution in [2.24, 2.45) is 4.99 Å². The Morgan fingerprint density at radius 3 is 2.72 bits per heavy atom. The normalized spacial score (nSPS) is 16.8. The van der Waals surface area contributed by atoms with Gasteiger partial charge in [-0.1, -0.05) is 53.8 Å². The molecule has 7 heteroatoms. The summed E-state index contributed by atoms with van der Waals surface area (Å²) in [5.41, 5.74) is 1.60. The summed E-state index contributed by atoms with van der Waals surface area (Å²) in [7, 11) is 1.32. The highest BCUT2D eigenvalue weighted by atomic mass is 32.1. The average Bonchev–Trinajstić information content (AvgIpc) is 3.34. The zero-order valence-corrected chi connectivity index (χ0v) is 16.7. The number of carbonyl (C=O) groups excluding carboxylic acids is 1. The third-order valence-corrected chi connectivity index (χ3v) is 5.54. The Hall–Kier alpha value is -3.45. The molecule has 0 aliphatic carbocycles. The lowest BCUT2D eigenvalue weighted by Gasteiger charge is -2.21. The topological polar surface area (TPSA) is 73.8 Å². The Morgan fingerprint density at radius 1 is 1.24 bits per heavy atom. The number of allylic oxidation sites excluding steroid dienone is 2. The summed E-state index contributed by atoms with van der Waals surface area (Å²) in [5.74, 6) is 0.0739. The first-order valence-corrected chi connectivity index (χ1v) is 9.78. The Bertz CT molecular complexity index is 1280. The van der Waals surface area contributed by atoms with Crippen molar-refractivity contribution in [3.05, 3.63) is 97.1 Å². The van der Waals surface area contributed by atoms with E-state index in [1.165, 1.54) is 23.0 Å². The summed E-state index contributed by atoms with van der Waals surface area (Å²) in [4.78, 5) is 30.6. The van der Waals surface area contributed by atoms with Gasteiger partial charge in [-0.25, -0.2) is 9.79 Å². The number of carbonyl (C=O) groups is 1. The van der Waals surface area contributed by atoms with Crippen LogP contribution >= 0.6 is 11.3 Å². The molecule has 1 aliphatic rings. The molecular weight excluding hydrogens is 388 g/mol. The summed E-state index contributed by atoms with van der Waals surface area (Å²) in [6.07, 6.45) is 6.94. The molecule has 0 saturated carbocycles. The number of hydrogen-bond acceptors (Lipinski definition) is 6. The molecule has 4 rings (SSSR count). The largest absolute Gasteiger partial charge is 0.466 e. The highest BCUT2D eigenvalue weighted by Gasteiger charge is 2.30. The van der Waals surface area contributed by atoms with Gasteiger partial charge in [-0.05, 0) is 24.6 Å². The van der Waals surface area contributed by atoms with E-state index in [2.05, 4.69) is 4.99 Å². The highest BCUT2D eigenvalue weighted by Crippen LogP contribution is 2.26. The molecule has 0 amide bonds. The van der Waals surface area contributed by atoms with Gasteiger partial charge >= 0.3 is 5.97 Å². The van der Waals surface area contributed by atoms with Gasteiger partial charge in [0, 0.05) is 6.08 Å². The summed E-state index contributed by atoms with van der Waals surface area (Å²) in [6, 6.07) is 12.6. The Morgan fingerprint density at radius 2 is 2.03 bits per heavy atom. The number of rotatable bonds is 4. The second-order valence-corrected chi connectivity index (χ2v) is 7.41. The molecule has 0 N–H and O–H groups in total. The van der Waals surface area contributed by atoms with Crippen molar-refractivity contribution in [2.75, 3.05) is 7.11 Å². The van der Waals surface area contributed by atoms with Gasteiger partial charge in [0.25, 0.3) is 5.56 Å². The molecule has 0 bridgehead atoms. The van der Waals surface area contributed by atoms with Gasteiger partial charge < -0.3 is 9.15 Å². The number of nitrogens with zero attached hydrogens (tertiary/aromatic N) is 2. The van der Waals surface area contributed by atoms with E-state index in [9.17, 15) is 9.59 Å². The zero-order chi connectivity index (χ0) is 20.4. The lowest BCUT2D eigenvalue weighted by atomic mass is 10.0. The highest BCUT2D eigenvalue weighted by molar-refractivity contribution is 7.07. The number of esters is 1. The van der Waals surface area contributed by atoms with E-state index < -0.39 is 12.0 Å². The first kappa shape index (κ1) is 18.9. The van der Waals surface area contributed by atoms with Gasteiger partial charge in [0.1, 0.15) is 5.76 Å². The number of ether oxygens (including phenoxy) is 1. The molecule has 6 nitrogen and oxygen atoms in total. The number of hydrogen-bond donors (Lipinski definition) is 0. The molecule has 0 radical (unpaired) electrons. The van der Waals surface area contributed by atoms with E-state index >= 15 is 0 Å². The molecule has 2 aromatic heterocycles. The van der Waals surface area contributed by atoms with E-state index in [0.717, 1.165) is 5.56 Å². The van der Waals surface area contributed by atoms with Crippen molar-refractivity contribution in [3.8, 4) is 0 Å². The van der Waals surface area contributed by atoms with Crippen LogP contribution in [-0.2, 0) is 9.53 Å². The minimum Gasteiger partial charge on any atom is -0.466 e. The molecule has 1 aliphatic heterocycles. The second kappa shape index (κ2) is 7.89. The lowest BCUT2D eigenvalue weighted by molar-refractivity contribution is -0.136. The monoisotopic (exact) mass is 406 g/mol. The molecule has 0 fully saturated rings. The van der Waals surface area contributed by atoms with Crippen molar-refractivity contribution < 1.29 is 13.9 Å². The van der Waals surface area contributed by atoms with E-state index in [0.29, 0.717) is 26.4 Å². The van der Waals surface area contributed by atoms with Crippen LogP contribution in [0.25, 0.3) is 12.2 Å². The number of thiazole rings is 1. The van der Waals surface area contributed by atoms with Gasteiger partial charge in [-0.3, -0.25) is 9.36 Å². The fraction of sp³-hybridized carbons (Fsp3) is 0.136. The predicted molar refractivity (Wildman–Crippen MR) is 111 cm³/mol. The third kappa shape index (κ3) is 3.64. The minimum atomic E-state index is -0.613. The molecule has 0 saturated heterocycles. The van der Waals surface area contributed by atoms with Crippen molar-refractivity contribution in [1.29, 1.82) is 0 Å². The molecule has 1 atom stereocenters. The lowest BCUT2D eigenvalue weighted by Crippen LogP contribution is -2.38. The van der Waals surface area contributed by atoms with Crippen LogP contribution in [0.4, 0.5) is 0 Å². The van der Waals surface area contributed by atoms with Crippen LogP contribution in [0.15, 0.2) is 80.3 Å². The Kier molecular flexibility index (Phi) is 5.14. The van der Waals surface area contributed by atoms with Crippen LogP contribution in [-0.4, -0.2) is 17.6 Å². The van der Waals surface area contributed by atoms with Crippen LogP contribution in [0, 0.1) is 0 Å². The number of fused-ring (bicyclic) bond motifs is 1. The van der Waals surface area contributed by atoms with Crippen LogP contribution in [0.2, 0.25) is 0 Å². The average molecular weight is 406 g/mol. The van der Waals surface area contributed by atoms with Crippen molar-refractivity contribution in [1.82, 2.24) is 4.57 Å². The number of benzene rings is 1.